The SMILES string of the molecule is Cc1c(CNC(=O)c2ccc3nc(C4CC4)[nH]c3c2)noc1-c1ccccc1. The van der Waals surface area contributed by atoms with Crippen molar-refractivity contribution >= 4 is 16.9 Å². The second-order valence-electron chi connectivity index (χ2n) is 7.26. The Morgan fingerprint density at radius 1 is 1.21 bits per heavy atom. The van der Waals surface area contributed by atoms with Gasteiger partial charge in [-0.1, -0.05) is 35.5 Å². The van der Waals surface area contributed by atoms with E-state index < -0.39 is 0 Å². The van der Waals surface area contributed by atoms with Gasteiger partial charge in [0, 0.05) is 22.6 Å². The normalized spacial score (nSPS) is 13.8. The van der Waals surface area contributed by atoms with Crippen LogP contribution in [0.25, 0.3) is 22.4 Å². The molecule has 5 rings (SSSR count). The van der Waals surface area contributed by atoms with Gasteiger partial charge in [-0.2, -0.15) is 0 Å². The zero-order chi connectivity index (χ0) is 19.1. The molecule has 2 N–H and O–H groups in total. The number of aromatic amines is 1. The lowest BCUT2D eigenvalue weighted by Crippen LogP contribution is -2.23. The minimum atomic E-state index is -0.145. The molecule has 4 aromatic rings. The molecule has 0 aliphatic heterocycles. The van der Waals surface area contributed by atoms with Crippen molar-refractivity contribution in [3.63, 3.8) is 0 Å². The van der Waals surface area contributed by atoms with Crippen LogP contribution in [0, 0.1) is 6.92 Å². The highest BCUT2D eigenvalue weighted by Crippen LogP contribution is 2.39. The van der Waals surface area contributed by atoms with E-state index in [1.54, 1.807) is 6.07 Å². The van der Waals surface area contributed by atoms with E-state index in [-0.39, 0.29) is 5.91 Å². The largest absolute Gasteiger partial charge is 0.356 e. The molecule has 1 aliphatic carbocycles. The number of imidazole rings is 1. The summed E-state index contributed by atoms with van der Waals surface area (Å²) in [6.45, 7) is 2.27. The molecule has 0 radical (unpaired) electrons. The number of nitrogens with one attached hydrogen (secondary N) is 2. The van der Waals surface area contributed by atoms with E-state index in [2.05, 4.69) is 20.4 Å². The minimum Gasteiger partial charge on any atom is -0.356 e. The van der Waals surface area contributed by atoms with Gasteiger partial charge in [0.2, 0.25) is 0 Å². The fourth-order valence-electron chi connectivity index (χ4n) is 3.38. The summed E-state index contributed by atoms with van der Waals surface area (Å²) in [6, 6.07) is 15.4. The number of benzene rings is 2. The Kier molecular flexibility index (Phi) is 3.97. The minimum absolute atomic E-state index is 0.145. The molecular weight excluding hydrogens is 352 g/mol. The first-order valence-corrected chi connectivity index (χ1v) is 9.47. The van der Waals surface area contributed by atoms with Gasteiger partial charge in [-0.3, -0.25) is 4.79 Å². The number of carbonyl (C=O) groups excluding carboxylic acids is 1. The van der Waals surface area contributed by atoms with E-state index in [4.69, 9.17) is 4.52 Å². The third kappa shape index (κ3) is 3.07. The monoisotopic (exact) mass is 372 g/mol. The van der Waals surface area contributed by atoms with Gasteiger partial charge >= 0.3 is 0 Å². The summed E-state index contributed by atoms with van der Waals surface area (Å²) in [6.07, 6.45) is 2.38. The summed E-state index contributed by atoms with van der Waals surface area (Å²) in [7, 11) is 0. The molecule has 0 spiro atoms. The van der Waals surface area contributed by atoms with Gasteiger partial charge in [-0.25, -0.2) is 4.98 Å². The van der Waals surface area contributed by atoms with Crippen LogP contribution in [0.15, 0.2) is 53.1 Å². The molecule has 1 saturated carbocycles. The number of hydrogen-bond acceptors (Lipinski definition) is 4. The quantitative estimate of drug-likeness (QED) is 0.546. The highest BCUT2D eigenvalue weighted by molar-refractivity contribution is 5.97. The average Bonchev–Trinajstić information content (AvgIpc) is 3.39. The fraction of sp³-hybridized carbons (Fsp3) is 0.227. The maximum atomic E-state index is 12.6. The predicted molar refractivity (Wildman–Crippen MR) is 106 cm³/mol. The predicted octanol–water partition coefficient (Wildman–Crippen LogP) is 4.33. The lowest BCUT2D eigenvalue weighted by Gasteiger charge is -2.04. The molecule has 2 heterocycles. The number of H-pyrrole nitrogens is 1. The molecule has 1 amide bonds. The van der Waals surface area contributed by atoms with E-state index in [1.165, 1.54) is 12.8 Å². The Hall–Kier alpha value is -3.41. The van der Waals surface area contributed by atoms with E-state index in [0.717, 1.165) is 39.4 Å². The summed E-state index contributed by atoms with van der Waals surface area (Å²) < 4.78 is 5.49. The molecule has 1 fully saturated rings. The Labute approximate surface area is 162 Å². The molecule has 2 aromatic carbocycles. The Morgan fingerprint density at radius 2 is 2.04 bits per heavy atom. The van der Waals surface area contributed by atoms with Crippen molar-refractivity contribution in [1.29, 1.82) is 0 Å². The number of amides is 1. The van der Waals surface area contributed by atoms with Crippen LogP contribution in [0.2, 0.25) is 0 Å². The highest BCUT2D eigenvalue weighted by Gasteiger charge is 2.26. The number of rotatable bonds is 5. The highest BCUT2D eigenvalue weighted by atomic mass is 16.5. The molecule has 0 unspecified atom stereocenters. The number of hydrogen-bond donors (Lipinski definition) is 2. The van der Waals surface area contributed by atoms with Gasteiger partial charge in [-0.05, 0) is 38.0 Å². The van der Waals surface area contributed by atoms with Gasteiger partial charge in [0.1, 0.15) is 11.5 Å². The van der Waals surface area contributed by atoms with Crippen LogP contribution in [-0.2, 0) is 6.54 Å². The molecule has 140 valence electrons. The van der Waals surface area contributed by atoms with Gasteiger partial charge in [0.25, 0.3) is 5.91 Å². The molecule has 2 aromatic heterocycles. The van der Waals surface area contributed by atoms with Gasteiger partial charge in [0.15, 0.2) is 5.76 Å². The first-order chi connectivity index (χ1) is 13.7. The number of carbonyl (C=O) groups is 1. The van der Waals surface area contributed by atoms with E-state index in [9.17, 15) is 4.79 Å². The second-order valence-corrected chi connectivity index (χ2v) is 7.26. The third-order valence-corrected chi connectivity index (χ3v) is 5.20. The lowest BCUT2D eigenvalue weighted by atomic mass is 10.1. The van der Waals surface area contributed by atoms with E-state index in [1.807, 2.05) is 49.4 Å². The summed E-state index contributed by atoms with van der Waals surface area (Å²) >= 11 is 0. The van der Waals surface area contributed by atoms with Crippen LogP contribution >= 0.6 is 0 Å². The summed E-state index contributed by atoms with van der Waals surface area (Å²) in [5.41, 5.74) is 5.04. The fourth-order valence-corrected chi connectivity index (χ4v) is 3.38. The van der Waals surface area contributed by atoms with Crippen molar-refractivity contribution in [2.75, 3.05) is 0 Å². The molecule has 0 bridgehead atoms. The smallest absolute Gasteiger partial charge is 0.251 e. The van der Waals surface area contributed by atoms with Gasteiger partial charge < -0.3 is 14.8 Å². The lowest BCUT2D eigenvalue weighted by molar-refractivity contribution is 0.0950. The van der Waals surface area contributed by atoms with Gasteiger partial charge in [0.05, 0.1) is 17.6 Å². The van der Waals surface area contributed by atoms with Crippen molar-refractivity contribution in [2.45, 2.75) is 32.2 Å². The number of fused-ring (bicyclic) bond motifs is 1. The topological polar surface area (TPSA) is 83.8 Å². The van der Waals surface area contributed by atoms with Crippen LogP contribution in [0.5, 0.6) is 0 Å². The average molecular weight is 372 g/mol. The van der Waals surface area contributed by atoms with Crippen molar-refractivity contribution in [3.8, 4) is 11.3 Å². The third-order valence-electron chi connectivity index (χ3n) is 5.20. The second kappa shape index (κ2) is 6.64. The first kappa shape index (κ1) is 16.7. The van der Waals surface area contributed by atoms with Crippen LogP contribution in [0.1, 0.15) is 46.2 Å². The molecule has 6 heteroatoms. The van der Waals surface area contributed by atoms with Crippen LogP contribution in [0.3, 0.4) is 0 Å². The van der Waals surface area contributed by atoms with Crippen molar-refractivity contribution in [2.24, 2.45) is 0 Å². The van der Waals surface area contributed by atoms with Crippen molar-refractivity contribution in [1.82, 2.24) is 20.4 Å². The standard InChI is InChI=1S/C22H20N4O2/c1-13-19(26-28-20(13)14-5-3-2-4-6-14)12-23-22(27)16-9-10-17-18(11-16)25-21(24-17)15-7-8-15/h2-6,9-11,15H,7-8,12H2,1H3,(H,23,27)(H,24,25). The Bertz CT molecular complexity index is 1160. The molecule has 0 saturated heterocycles. The van der Waals surface area contributed by atoms with Crippen molar-refractivity contribution < 1.29 is 9.32 Å². The first-order valence-electron chi connectivity index (χ1n) is 9.47. The summed E-state index contributed by atoms with van der Waals surface area (Å²) in [4.78, 5) is 20.5. The Morgan fingerprint density at radius 3 is 2.82 bits per heavy atom. The molecular formula is C22H20N4O2. The molecule has 0 atom stereocenters. The maximum absolute atomic E-state index is 12.6. The maximum Gasteiger partial charge on any atom is 0.251 e. The Balaban J connectivity index is 1.31. The number of nitrogens with zero attached hydrogens (tertiary/aromatic N) is 2. The molecule has 6 nitrogen and oxygen atoms in total. The van der Waals surface area contributed by atoms with Crippen LogP contribution in [-0.4, -0.2) is 21.0 Å². The zero-order valence-corrected chi connectivity index (χ0v) is 15.5. The van der Waals surface area contributed by atoms with Crippen LogP contribution < -0.4 is 5.32 Å². The summed E-state index contributed by atoms with van der Waals surface area (Å²) in [5.74, 6) is 2.17. The van der Waals surface area contributed by atoms with Crippen LogP contribution in [0.4, 0.5) is 0 Å². The van der Waals surface area contributed by atoms with E-state index in [0.29, 0.717) is 18.0 Å². The zero-order valence-electron chi connectivity index (χ0n) is 15.5. The van der Waals surface area contributed by atoms with Crippen molar-refractivity contribution in [3.05, 3.63) is 71.2 Å². The van der Waals surface area contributed by atoms with Gasteiger partial charge in [-0.15, -0.1) is 0 Å². The molecule has 1 aliphatic rings. The summed E-state index contributed by atoms with van der Waals surface area (Å²) in [5, 5.41) is 7.06. The number of aromatic nitrogens is 3. The molecule has 28 heavy (non-hydrogen) atoms. The van der Waals surface area contributed by atoms with E-state index >= 15 is 0 Å².